The van der Waals surface area contributed by atoms with Crippen molar-refractivity contribution < 1.29 is 4.57 Å². The maximum Gasteiger partial charge on any atom is 0.260 e. The van der Waals surface area contributed by atoms with Crippen LogP contribution in [0.4, 0.5) is 0 Å². The third-order valence-electron chi connectivity index (χ3n) is 3.57. The summed E-state index contributed by atoms with van der Waals surface area (Å²) in [7, 11) is 0. The molecule has 0 bridgehead atoms. The van der Waals surface area contributed by atoms with E-state index in [1.54, 1.807) is 0 Å². The Labute approximate surface area is 128 Å². The largest absolute Gasteiger partial charge is 0.260 e. The van der Waals surface area contributed by atoms with Crippen LogP contribution in [0.5, 0.6) is 0 Å². The van der Waals surface area contributed by atoms with Crippen molar-refractivity contribution in [3.63, 3.8) is 0 Å². The fraction of sp³-hybridized carbons (Fsp3) is 0.188. The van der Waals surface area contributed by atoms with Gasteiger partial charge in [0.05, 0.1) is 6.54 Å². The van der Waals surface area contributed by atoms with Gasteiger partial charge in [0, 0.05) is 5.39 Å². The molecule has 0 amide bonds. The molecule has 0 aliphatic heterocycles. The van der Waals surface area contributed by atoms with Gasteiger partial charge in [-0.25, -0.2) is 4.57 Å². The average molecular weight is 306 g/mol. The molecule has 102 valence electrons. The summed E-state index contributed by atoms with van der Waals surface area (Å²) in [5.41, 5.74) is 2.25. The van der Waals surface area contributed by atoms with E-state index in [-0.39, 0.29) is 0 Å². The van der Waals surface area contributed by atoms with Gasteiger partial charge in [0.1, 0.15) is 5.69 Å². The maximum atomic E-state index is 6.41. The Hall–Kier alpha value is -1.51. The van der Waals surface area contributed by atoms with Crippen molar-refractivity contribution in [2.24, 2.45) is 0 Å². The predicted molar refractivity (Wildman–Crippen MR) is 83.9 cm³/mol. The minimum absolute atomic E-state index is 0.549. The fourth-order valence-electron chi connectivity index (χ4n) is 2.52. The van der Waals surface area contributed by atoms with E-state index in [1.165, 1.54) is 16.3 Å². The van der Waals surface area contributed by atoms with Crippen molar-refractivity contribution in [3.8, 4) is 5.69 Å². The van der Waals surface area contributed by atoms with Gasteiger partial charge in [-0.15, -0.1) is 0 Å². The quantitative estimate of drug-likeness (QED) is 0.614. The Morgan fingerprint density at radius 1 is 1.10 bits per heavy atom. The summed E-state index contributed by atoms with van der Waals surface area (Å²) < 4.78 is 3.90. The number of halogens is 2. The lowest BCUT2D eigenvalue weighted by atomic mass is 10.0. The van der Waals surface area contributed by atoms with Crippen LogP contribution in [0.15, 0.2) is 42.7 Å². The first kappa shape index (κ1) is 13.5. The van der Waals surface area contributed by atoms with Gasteiger partial charge < -0.3 is 0 Å². The van der Waals surface area contributed by atoms with E-state index in [0.717, 1.165) is 12.2 Å². The molecule has 1 aromatic heterocycles. The van der Waals surface area contributed by atoms with Gasteiger partial charge in [-0.05, 0) is 48.0 Å². The second-order valence-electron chi connectivity index (χ2n) is 4.81. The van der Waals surface area contributed by atoms with E-state index in [4.69, 9.17) is 23.2 Å². The van der Waals surface area contributed by atoms with Crippen LogP contribution >= 0.6 is 23.2 Å². The second-order valence-corrected chi connectivity index (χ2v) is 5.52. The van der Waals surface area contributed by atoms with Gasteiger partial charge in [0.15, 0.2) is 0 Å². The Morgan fingerprint density at radius 2 is 1.85 bits per heavy atom. The number of hydrogen-bond donors (Lipinski definition) is 0. The molecule has 0 atom stereocenters. The van der Waals surface area contributed by atoms with Crippen LogP contribution < -0.4 is 4.57 Å². The first-order valence-corrected chi connectivity index (χ1v) is 7.33. The van der Waals surface area contributed by atoms with Crippen LogP contribution in [0.3, 0.4) is 0 Å². The van der Waals surface area contributed by atoms with Crippen molar-refractivity contribution in [3.05, 3.63) is 58.6 Å². The normalized spacial score (nSPS) is 11.2. The van der Waals surface area contributed by atoms with Gasteiger partial charge in [0.2, 0.25) is 0 Å². The van der Waals surface area contributed by atoms with E-state index in [1.807, 2.05) is 34.5 Å². The summed E-state index contributed by atoms with van der Waals surface area (Å²) in [5, 5.41) is 3.48. The Balaban J connectivity index is 2.37. The third-order valence-corrected chi connectivity index (χ3v) is 4.43. The molecule has 0 saturated heterocycles. The third kappa shape index (κ3) is 2.00. The molecular formula is C16H15Cl2N2+. The summed E-state index contributed by atoms with van der Waals surface area (Å²) in [6.45, 7) is 4.92. The molecule has 3 aromatic rings. The molecular weight excluding hydrogens is 291 g/mol. The zero-order chi connectivity index (χ0) is 14.3. The predicted octanol–water partition coefficient (Wildman–Crippen LogP) is 4.55. The number of rotatable bonds is 2. The molecule has 0 unspecified atom stereocenters. The van der Waals surface area contributed by atoms with E-state index in [9.17, 15) is 0 Å². The monoisotopic (exact) mass is 305 g/mol. The highest BCUT2D eigenvalue weighted by molar-refractivity contribution is 6.40. The topological polar surface area (TPSA) is 8.81 Å². The van der Waals surface area contributed by atoms with Crippen molar-refractivity contribution in [1.82, 2.24) is 4.57 Å². The lowest BCUT2D eigenvalue weighted by molar-refractivity contribution is -0.690. The minimum Gasteiger partial charge on any atom is -0.219 e. The molecule has 1 heterocycles. The summed E-state index contributed by atoms with van der Waals surface area (Å²) in [4.78, 5) is 0. The van der Waals surface area contributed by atoms with Crippen LogP contribution in [0.1, 0.15) is 12.5 Å². The molecule has 0 aliphatic carbocycles. The number of fused-ring (bicyclic) bond motifs is 1. The van der Waals surface area contributed by atoms with Crippen molar-refractivity contribution in [2.45, 2.75) is 20.4 Å². The second kappa shape index (κ2) is 5.12. The average Bonchev–Trinajstić information content (AvgIpc) is 2.75. The Bertz CT molecular complexity index is 791. The maximum absolute atomic E-state index is 6.41. The fourth-order valence-corrected chi connectivity index (χ4v) is 3.01. The highest BCUT2D eigenvalue weighted by atomic mass is 35.5. The van der Waals surface area contributed by atoms with Crippen LogP contribution in [0.25, 0.3) is 16.5 Å². The van der Waals surface area contributed by atoms with Gasteiger partial charge in [-0.1, -0.05) is 36.4 Å². The lowest BCUT2D eigenvalue weighted by Crippen LogP contribution is -2.30. The molecule has 0 spiro atoms. The Morgan fingerprint density at radius 3 is 2.55 bits per heavy atom. The minimum atomic E-state index is 0.549. The first-order chi connectivity index (χ1) is 9.63. The zero-order valence-electron chi connectivity index (χ0n) is 11.4. The van der Waals surface area contributed by atoms with Crippen LogP contribution in [0, 0.1) is 6.92 Å². The molecule has 0 saturated carbocycles. The molecule has 0 aliphatic rings. The van der Waals surface area contributed by atoms with Crippen LogP contribution in [0.2, 0.25) is 10.3 Å². The summed E-state index contributed by atoms with van der Waals surface area (Å²) >= 11 is 12.7. The molecule has 2 aromatic carbocycles. The van der Waals surface area contributed by atoms with E-state index >= 15 is 0 Å². The van der Waals surface area contributed by atoms with Crippen molar-refractivity contribution in [1.29, 1.82) is 0 Å². The standard InChI is InChI=1S/C16H15Cl2N2/c1-3-19-10-20(16(18)15(19)17)14-11(2)8-9-12-6-4-5-7-13(12)14/h4-10H,3H2,1-2H3/q+1. The van der Waals surface area contributed by atoms with Crippen LogP contribution in [-0.2, 0) is 6.54 Å². The highest BCUT2D eigenvalue weighted by Gasteiger charge is 2.23. The van der Waals surface area contributed by atoms with E-state index < -0.39 is 0 Å². The number of imidazole rings is 1. The van der Waals surface area contributed by atoms with Crippen LogP contribution in [-0.4, -0.2) is 4.57 Å². The van der Waals surface area contributed by atoms with Crippen molar-refractivity contribution >= 4 is 34.0 Å². The lowest BCUT2D eigenvalue weighted by Gasteiger charge is -2.07. The van der Waals surface area contributed by atoms with E-state index in [2.05, 4.69) is 31.2 Å². The summed E-state index contributed by atoms with van der Waals surface area (Å²) in [5.74, 6) is 0. The molecule has 4 heteroatoms. The summed E-state index contributed by atoms with van der Waals surface area (Å²) in [6, 6.07) is 12.5. The number of hydrogen-bond acceptors (Lipinski definition) is 0. The molecule has 3 rings (SSSR count). The Kier molecular flexibility index (Phi) is 3.45. The highest BCUT2D eigenvalue weighted by Crippen LogP contribution is 2.30. The van der Waals surface area contributed by atoms with Gasteiger partial charge >= 0.3 is 0 Å². The molecule has 20 heavy (non-hydrogen) atoms. The number of benzene rings is 2. The number of aryl methyl sites for hydroxylation is 2. The SMILES string of the molecule is CC[n+]1cn(-c2c(C)ccc3ccccc23)c(Cl)c1Cl. The molecule has 0 N–H and O–H groups in total. The van der Waals surface area contributed by atoms with Crippen molar-refractivity contribution in [2.75, 3.05) is 0 Å². The van der Waals surface area contributed by atoms with E-state index in [0.29, 0.717) is 10.3 Å². The number of aromatic nitrogens is 2. The van der Waals surface area contributed by atoms with Gasteiger partial charge in [-0.2, -0.15) is 4.57 Å². The summed E-state index contributed by atoms with van der Waals surface area (Å²) in [6.07, 6.45) is 1.96. The molecule has 0 radical (unpaired) electrons. The smallest absolute Gasteiger partial charge is 0.219 e. The number of nitrogens with zero attached hydrogens (tertiary/aromatic N) is 2. The van der Waals surface area contributed by atoms with Gasteiger partial charge in [-0.3, -0.25) is 0 Å². The zero-order valence-corrected chi connectivity index (χ0v) is 12.9. The molecule has 0 fully saturated rings. The molecule has 2 nitrogen and oxygen atoms in total. The first-order valence-electron chi connectivity index (χ1n) is 6.58. The van der Waals surface area contributed by atoms with Gasteiger partial charge in [0.25, 0.3) is 16.6 Å².